The van der Waals surface area contributed by atoms with Gasteiger partial charge in [-0.25, -0.2) is 0 Å². The van der Waals surface area contributed by atoms with Gasteiger partial charge in [-0.1, -0.05) is 23.5 Å². The number of aliphatic hydroxyl groups is 1. The van der Waals surface area contributed by atoms with E-state index in [4.69, 9.17) is 9.84 Å². The first-order chi connectivity index (χ1) is 9.65. The first kappa shape index (κ1) is 14.7. The van der Waals surface area contributed by atoms with Crippen LogP contribution >= 0.6 is 11.3 Å². The maximum Gasteiger partial charge on any atom is 0.227 e. The summed E-state index contributed by atoms with van der Waals surface area (Å²) in [6, 6.07) is 7.18. The monoisotopic (exact) mass is 292 g/mol. The van der Waals surface area contributed by atoms with Crippen LogP contribution in [0.15, 0.2) is 29.8 Å². The number of benzene rings is 1. The summed E-state index contributed by atoms with van der Waals surface area (Å²) in [6.45, 7) is 2.41. The van der Waals surface area contributed by atoms with Crippen molar-refractivity contribution >= 4 is 17.1 Å². The third-order valence-electron chi connectivity index (χ3n) is 3.20. The molecule has 1 heterocycles. The van der Waals surface area contributed by atoms with E-state index in [9.17, 15) is 4.79 Å². The summed E-state index contributed by atoms with van der Waals surface area (Å²) in [5, 5.41) is 8.99. The molecule has 1 aromatic carbocycles. The third-order valence-corrected chi connectivity index (χ3v) is 4.35. The summed E-state index contributed by atoms with van der Waals surface area (Å²) in [5.74, 6) is 0.731. The molecule has 0 radical (unpaired) electrons. The fourth-order valence-corrected chi connectivity index (χ4v) is 2.98. The van der Waals surface area contributed by atoms with Gasteiger partial charge in [0, 0.05) is 25.5 Å². The molecular weight excluding hydrogens is 274 g/mol. The number of Topliss-reactive ketones (excluding diaryl/α,β-unsaturated/α-hetero) is 1. The standard InChI is InChI=1S/C15H18NO3S/c1-11-15(6-7-17)20-10-16(11)9-14(18)12-4-3-5-13(8-12)19-2/h3-5,8,10,17H,6-7,9H2,1-2H3/q+1. The van der Waals surface area contributed by atoms with E-state index in [1.165, 1.54) is 0 Å². The van der Waals surface area contributed by atoms with Crippen molar-refractivity contribution in [3.05, 3.63) is 45.9 Å². The van der Waals surface area contributed by atoms with E-state index >= 15 is 0 Å². The highest BCUT2D eigenvalue weighted by Gasteiger charge is 2.19. The van der Waals surface area contributed by atoms with E-state index in [0.29, 0.717) is 24.3 Å². The van der Waals surface area contributed by atoms with Crippen LogP contribution in [0.25, 0.3) is 0 Å². The van der Waals surface area contributed by atoms with E-state index < -0.39 is 0 Å². The van der Waals surface area contributed by atoms with Crippen LogP contribution in [0, 0.1) is 6.92 Å². The fraction of sp³-hybridized carbons (Fsp3) is 0.333. The molecule has 0 fully saturated rings. The van der Waals surface area contributed by atoms with Crippen LogP contribution in [0.4, 0.5) is 0 Å². The van der Waals surface area contributed by atoms with Gasteiger partial charge in [0.2, 0.25) is 17.8 Å². The highest BCUT2D eigenvalue weighted by molar-refractivity contribution is 7.09. The minimum absolute atomic E-state index is 0.0466. The van der Waals surface area contributed by atoms with Crippen LogP contribution < -0.4 is 9.30 Å². The smallest absolute Gasteiger partial charge is 0.227 e. The Labute approximate surface area is 122 Å². The molecule has 1 N–H and O–H groups in total. The number of rotatable bonds is 6. The lowest BCUT2D eigenvalue weighted by molar-refractivity contribution is -0.684. The van der Waals surface area contributed by atoms with Gasteiger partial charge in [0.25, 0.3) is 0 Å². The van der Waals surface area contributed by atoms with E-state index in [1.807, 2.05) is 29.1 Å². The van der Waals surface area contributed by atoms with Crippen molar-refractivity contribution in [3.63, 3.8) is 0 Å². The number of nitrogens with zero attached hydrogens (tertiary/aromatic N) is 1. The molecule has 2 aromatic rings. The number of thiazole rings is 1. The van der Waals surface area contributed by atoms with Crippen LogP contribution in [0.2, 0.25) is 0 Å². The van der Waals surface area contributed by atoms with Crippen LogP contribution in [0.3, 0.4) is 0 Å². The molecule has 0 saturated heterocycles. The first-order valence-electron chi connectivity index (χ1n) is 6.40. The number of ketones is 1. The number of aliphatic hydroxyl groups excluding tert-OH is 1. The fourth-order valence-electron chi connectivity index (χ4n) is 1.99. The number of ether oxygens (including phenoxy) is 1. The summed E-state index contributed by atoms with van der Waals surface area (Å²) < 4.78 is 7.06. The van der Waals surface area contributed by atoms with Crippen molar-refractivity contribution in [3.8, 4) is 5.75 Å². The molecule has 20 heavy (non-hydrogen) atoms. The number of carbonyl (C=O) groups excluding carboxylic acids is 1. The highest BCUT2D eigenvalue weighted by Crippen LogP contribution is 2.14. The molecule has 106 valence electrons. The number of hydrogen-bond donors (Lipinski definition) is 1. The van der Waals surface area contributed by atoms with Crippen molar-refractivity contribution in [1.29, 1.82) is 0 Å². The molecular formula is C15H18NO3S+. The Bertz CT molecular complexity index is 607. The Morgan fingerprint density at radius 3 is 2.95 bits per heavy atom. The molecule has 0 atom stereocenters. The molecule has 0 aliphatic carbocycles. The van der Waals surface area contributed by atoms with Crippen molar-refractivity contribution < 1.29 is 19.2 Å². The second kappa shape index (κ2) is 6.63. The van der Waals surface area contributed by atoms with Gasteiger partial charge in [0.1, 0.15) is 5.75 Å². The second-order valence-corrected chi connectivity index (χ2v) is 5.43. The second-order valence-electron chi connectivity index (χ2n) is 4.49. The lowest BCUT2D eigenvalue weighted by Crippen LogP contribution is -2.38. The maximum absolute atomic E-state index is 12.3. The predicted molar refractivity (Wildman–Crippen MR) is 77.4 cm³/mol. The average Bonchev–Trinajstić information content (AvgIpc) is 2.81. The van der Waals surface area contributed by atoms with Crippen LogP contribution in [0.1, 0.15) is 20.9 Å². The van der Waals surface area contributed by atoms with Crippen molar-refractivity contribution in [2.24, 2.45) is 0 Å². The molecule has 0 unspecified atom stereocenters. The molecule has 5 heteroatoms. The SMILES string of the molecule is COc1cccc(C(=O)C[n+]2csc(CCO)c2C)c1. The minimum atomic E-state index is 0.0466. The van der Waals surface area contributed by atoms with Gasteiger partial charge in [0.05, 0.1) is 12.0 Å². The zero-order chi connectivity index (χ0) is 14.5. The molecule has 0 saturated carbocycles. The van der Waals surface area contributed by atoms with Gasteiger partial charge < -0.3 is 9.84 Å². The zero-order valence-corrected chi connectivity index (χ0v) is 12.4. The summed E-state index contributed by atoms with van der Waals surface area (Å²) in [6.07, 6.45) is 0.636. The molecule has 4 nitrogen and oxygen atoms in total. The van der Waals surface area contributed by atoms with Gasteiger partial charge in [-0.3, -0.25) is 4.79 Å². The Balaban J connectivity index is 2.15. The lowest BCUT2D eigenvalue weighted by atomic mass is 10.1. The first-order valence-corrected chi connectivity index (χ1v) is 7.28. The Morgan fingerprint density at radius 1 is 1.45 bits per heavy atom. The zero-order valence-electron chi connectivity index (χ0n) is 11.6. The number of carbonyl (C=O) groups is 1. The van der Waals surface area contributed by atoms with Crippen LogP contribution in [-0.4, -0.2) is 24.6 Å². The van der Waals surface area contributed by atoms with Gasteiger partial charge in [-0.05, 0) is 12.1 Å². The largest absolute Gasteiger partial charge is 0.497 e. The Kier molecular flexibility index (Phi) is 4.87. The van der Waals surface area contributed by atoms with Crippen LogP contribution in [0.5, 0.6) is 5.75 Å². The van der Waals surface area contributed by atoms with E-state index in [1.54, 1.807) is 30.6 Å². The molecule has 2 rings (SSSR count). The molecule has 0 amide bonds. The maximum atomic E-state index is 12.3. The van der Waals surface area contributed by atoms with Gasteiger partial charge in [0.15, 0.2) is 5.69 Å². The van der Waals surface area contributed by atoms with Crippen LogP contribution in [-0.2, 0) is 13.0 Å². The van der Waals surface area contributed by atoms with Crippen molar-refractivity contribution in [2.45, 2.75) is 19.9 Å². The highest BCUT2D eigenvalue weighted by atomic mass is 32.1. The summed E-state index contributed by atoms with van der Waals surface area (Å²) >= 11 is 1.57. The predicted octanol–water partition coefficient (Wildman–Crippen LogP) is 1.77. The Morgan fingerprint density at radius 2 is 2.25 bits per heavy atom. The molecule has 0 bridgehead atoms. The molecule has 0 spiro atoms. The summed E-state index contributed by atoms with van der Waals surface area (Å²) in [7, 11) is 1.59. The summed E-state index contributed by atoms with van der Waals surface area (Å²) in [5.41, 5.74) is 3.62. The quantitative estimate of drug-likeness (QED) is 0.652. The normalized spacial score (nSPS) is 10.6. The minimum Gasteiger partial charge on any atom is -0.497 e. The van der Waals surface area contributed by atoms with E-state index in [-0.39, 0.29) is 12.4 Å². The van der Waals surface area contributed by atoms with Crippen molar-refractivity contribution in [1.82, 2.24) is 0 Å². The Hall–Kier alpha value is -1.72. The van der Waals surface area contributed by atoms with E-state index in [2.05, 4.69) is 0 Å². The number of aromatic nitrogens is 1. The molecule has 0 aliphatic rings. The van der Waals surface area contributed by atoms with Crippen molar-refractivity contribution in [2.75, 3.05) is 13.7 Å². The molecule has 0 aliphatic heterocycles. The van der Waals surface area contributed by atoms with E-state index in [0.717, 1.165) is 10.6 Å². The molecule has 1 aromatic heterocycles. The average molecular weight is 292 g/mol. The van der Waals surface area contributed by atoms with Gasteiger partial charge in [-0.2, -0.15) is 4.57 Å². The summed E-state index contributed by atoms with van der Waals surface area (Å²) in [4.78, 5) is 13.4. The number of methoxy groups -OCH3 is 1. The lowest BCUT2D eigenvalue weighted by Gasteiger charge is -2.02. The number of hydrogen-bond acceptors (Lipinski definition) is 4. The van der Waals surface area contributed by atoms with Gasteiger partial charge >= 0.3 is 0 Å². The topological polar surface area (TPSA) is 50.4 Å². The third kappa shape index (κ3) is 3.23. The van der Waals surface area contributed by atoms with Gasteiger partial charge in [-0.15, -0.1) is 0 Å².